The monoisotopic (exact) mass is 362 g/mol. The third-order valence-corrected chi connectivity index (χ3v) is 4.38. The Hall–Kier alpha value is -1.98. The highest BCUT2D eigenvalue weighted by Crippen LogP contribution is 2.27. The fourth-order valence-electron chi connectivity index (χ4n) is 2.94. The molecule has 1 N–H and O–H groups in total. The lowest BCUT2D eigenvalue weighted by atomic mass is 10.1. The van der Waals surface area contributed by atoms with Gasteiger partial charge in [0.1, 0.15) is 6.54 Å². The number of carbonyl (C=O) groups is 2. The van der Waals surface area contributed by atoms with Crippen LogP contribution in [0.2, 0.25) is 0 Å². The summed E-state index contributed by atoms with van der Waals surface area (Å²) in [5.41, 5.74) is 0.782. The van der Waals surface area contributed by atoms with Gasteiger partial charge < -0.3 is 19.7 Å². The summed E-state index contributed by atoms with van der Waals surface area (Å²) in [5.74, 6) is 0.382. The third kappa shape index (κ3) is 6.07. The normalized spacial score (nSPS) is 14.4. The van der Waals surface area contributed by atoms with Gasteiger partial charge in [-0.05, 0) is 51.7 Å². The lowest BCUT2D eigenvalue weighted by Gasteiger charge is -2.31. The van der Waals surface area contributed by atoms with E-state index in [1.807, 2.05) is 55.6 Å². The van der Waals surface area contributed by atoms with Crippen LogP contribution in [-0.4, -0.2) is 51.0 Å². The van der Waals surface area contributed by atoms with Gasteiger partial charge in [-0.1, -0.05) is 13.8 Å². The average molecular weight is 363 g/mol. The molecule has 6 heteroatoms. The van der Waals surface area contributed by atoms with Crippen molar-refractivity contribution in [2.75, 3.05) is 13.1 Å². The molecule has 0 unspecified atom stereocenters. The van der Waals surface area contributed by atoms with Gasteiger partial charge in [-0.2, -0.15) is 0 Å². The third-order valence-electron chi connectivity index (χ3n) is 4.38. The Morgan fingerprint density at radius 1 is 1.31 bits per heavy atom. The molecule has 0 spiro atoms. The second kappa shape index (κ2) is 8.14. The van der Waals surface area contributed by atoms with Gasteiger partial charge in [0.2, 0.25) is 5.91 Å². The molecule has 0 atom stereocenters. The van der Waals surface area contributed by atoms with E-state index in [2.05, 4.69) is 19.2 Å². The molecule has 0 aliphatic heterocycles. The van der Waals surface area contributed by atoms with Crippen molar-refractivity contribution in [1.29, 1.82) is 0 Å². The molecule has 1 aliphatic carbocycles. The summed E-state index contributed by atoms with van der Waals surface area (Å²) in [5, 5.41) is 2.99. The van der Waals surface area contributed by atoms with Crippen LogP contribution in [-0.2, 0) is 18.4 Å². The zero-order valence-electron chi connectivity index (χ0n) is 17.1. The number of rotatable bonds is 7. The highest BCUT2D eigenvalue weighted by Gasteiger charge is 2.36. The first-order valence-electron chi connectivity index (χ1n) is 9.53. The molecule has 1 aromatic rings. The molecule has 26 heavy (non-hydrogen) atoms. The van der Waals surface area contributed by atoms with Gasteiger partial charge >= 0.3 is 6.03 Å². The van der Waals surface area contributed by atoms with E-state index in [0.717, 1.165) is 18.5 Å². The van der Waals surface area contributed by atoms with Gasteiger partial charge in [-0.15, -0.1) is 0 Å². The Labute approximate surface area is 157 Å². The van der Waals surface area contributed by atoms with E-state index in [-0.39, 0.29) is 30.1 Å². The number of hydrogen-bond acceptors (Lipinski definition) is 2. The number of hydrogen-bond donors (Lipinski definition) is 1. The van der Waals surface area contributed by atoms with E-state index in [4.69, 9.17) is 0 Å². The van der Waals surface area contributed by atoms with Crippen LogP contribution in [0.5, 0.6) is 0 Å². The lowest BCUT2D eigenvalue weighted by Crippen LogP contribution is -2.52. The molecule has 3 amide bonds. The zero-order valence-corrected chi connectivity index (χ0v) is 17.1. The summed E-state index contributed by atoms with van der Waals surface area (Å²) in [7, 11) is 1.99. The number of urea groups is 1. The Kier molecular flexibility index (Phi) is 6.37. The molecule has 0 radical (unpaired) electrons. The predicted octanol–water partition coefficient (Wildman–Crippen LogP) is 2.98. The fraction of sp³-hybridized carbons (Fsp3) is 0.700. The van der Waals surface area contributed by atoms with E-state index in [9.17, 15) is 9.59 Å². The molecular formula is C20H34N4O2. The first-order valence-corrected chi connectivity index (χ1v) is 9.53. The Bertz CT molecular complexity index is 626. The van der Waals surface area contributed by atoms with Crippen LogP contribution < -0.4 is 5.32 Å². The van der Waals surface area contributed by atoms with Crippen molar-refractivity contribution in [1.82, 2.24) is 19.7 Å². The summed E-state index contributed by atoms with van der Waals surface area (Å²) in [6.45, 7) is 11.5. The molecule has 0 saturated heterocycles. The predicted molar refractivity (Wildman–Crippen MR) is 104 cm³/mol. The molecule has 1 aromatic heterocycles. The molecule has 1 fully saturated rings. The van der Waals surface area contributed by atoms with Crippen molar-refractivity contribution >= 4 is 11.9 Å². The standard InChI is InChI=1S/C20H34N4O2/c1-15(2)12-23(13-17-8-7-11-22(17)6)18(25)14-24(16-9-10-16)19(26)21-20(3,4)5/h7-8,11,15-16H,9-10,12-14H2,1-6H3,(H,21,26). The number of carbonyl (C=O) groups excluding carboxylic acids is 2. The first kappa shape index (κ1) is 20.3. The second-order valence-electron chi connectivity index (χ2n) is 8.82. The molecule has 0 bridgehead atoms. The van der Waals surface area contributed by atoms with Crippen molar-refractivity contribution in [2.45, 2.75) is 65.6 Å². The SMILES string of the molecule is CC(C)CN(Cc1cccn1C)C(=O)CN(C(=O)NC(C)(C)C)C1CC1. The minimum absolute atomic E-state index is 0.0101. The van der Waals surface area contributed by atoms with Gasteiger partial charge in [0.25, 0.3) is 0 Å². The number of nitrogens with one attached hydrogen (secondary N) is 1. The van der Waals surface area contributed by atoms with Crippen LogP contribution in [0.1, 0.15) is 53.2 Å². The number of aryl methyl sites for hydroxylation is 1. The van der Waals surface area contributed by atoms with Crippen LogP contribution in [0.15, 0.2) is 18.3 Å². The van der Waals surface area contributed by atoms with Crippen molar-refractivity contribution in [3.8, 4) is 0 Å². The number of aromatic nitrogens is 1. The van der Waals surface area contributed by atoms with Gasteiger partial charge in [0.15, 0.2) is 0 Å². The summed E-state index contributed by atoms with van der Waals surface area (Å²) in [4.78, 5) is 29.2. The lowest BCUT2D eigenvalue weighted by molar-refractivity contribution is -0.133. The fourth-order valence-corrected chi connectivity index (χ4v) is 2.94. The van der Waals surface area contributed by atoms with Crippen LogP contribution in [0.4, 0.5) is 4.79 Å². The number of amides is 3. The minimum Gasteiger partial charge on any atom is -0.353 e. The number of nitrogens with zero attached hydrogens (tertiary/aromatic N) is 3. The Morgan fingerprint density at radius 2 is 1.96 bits per heavy atom. The average Bonchev–Trinajstić information content (AvgIpc) is 3.25. The molecule has 146 valence electrons. The first-order chi connectivity index (χ1) is 12.1. The van der Waals surface area contributed by atoms with E-state index in [1.165, 1.54) is 0 Å². The molecule has 6 nitrogen and oxygen atoms in total. The van der Waals surface area contributed by atoms with Crippen LogP contribution in [0, 0.1) is 5.92 Å². The van der Waals surface area contributed by atoms with Gasteiger partial charge in [0, 0.05) is 37.1 Å². The van der Waals surface area contributed by atoms with E-state index in [0.29, 0.717) is 19.0 Å². The maximum Gasteiger partial charge on any atom is 0.318 e. The van der Waals surface area contributed by atoms with Crippen molar-refractivity contribution in [3.05, 3.63) is 24.0 Å². The summed E-state index contributed by atoms with van der Waals surface area (Å²) in [6, 6.07) is 4.07. The van der Waals surface area contributed by atoms with Gasteiger partial charge in [-0.25, -0.2) is 4.79 Å². The topological polar surface area (TPSA) is 57.6 Å². The van der Waals surface area contributed by atoms with Crippen molar-refractivity contribution in [2.24, 2.45) is 13.0 Å². The second-order valence-corrected chi connectivity index (χ2v) is 8.82. The largest absolute Gasteiger partial charge is 0.353 e. The molecule has 2 rings (SSSR count). The highest BCUT2D eigenvalue weighted by molar-refractivity contribution is 5.84. The van der Waals surface area contributed by atoms with Crippen LogP contribution in [0.3, 0.4) is 0 Å². The van der Waals surface area contributed by atoms with Crippen LogP contribution in [0.25, 0.3) is 0 Å². The maximum atomic E-state index is 13.0. The van der Waals surface area contributed by atoms with Crippen molar-refractivity contribution < 1.29 is 9.59 Å². The molecule has 1 aliphatic rings. The summed E-state index contributed by atoms with van der Waals surface area (Å²) in [6.07, 6.45) is 3.94. The minimum atomic E-state index is -0.312. The van der Waals surface area contributed by atoms with E-state index < -0.39 is 0 Å². The Balaban J connectivity index is 2.08. The summed E-state index contributed by atoms with van der Waals surface area (Å²) >= 11 is 0. The van der Waals surface area contributed by atoms with Crippen LogP contribution >= 0.6 is 0 Å². The van der Waals surface area contributed by atoms with E-state index >= 15 is 0 Å². The molecule has 0 aromatic carbocycles. The van der Waals surface area contributed by atoms with Crippen molar-refractivity contribution in [3.63, 3.8) is 0 Å². The highest BCUT2D eigenvalue weighted by atomic mass is 16.2. The smallest absolute Gasteiger partial charge is 0.318 e. The quantitative estimate of drug-likeness (QED) is 0.811. The van der Waals surface area contributed by atoms with E-state index in [1.54, 1.807) is 4.90 Å². The van der Waals surface area contributed by atoms with Gasteiger partial charge in [0.05, 0.1) is 6.54 Å². The van der Waals surface area contributed by atoms with Gasteiger partial charge in [-0.3, -0.25) is 4.79 Å². The maximum absolute atomic E-state index is 13.0. The zero-order chi connectivity index (χ0) is 19.5. The Morgan fingerprint density at radius 3 is 2.42 bits per heavy atom. The molecule has 1 heterocycles. The molecule has 1 saturated carbocycles. The summed E-state index contributed by atoms with van der Waals surface area (Å²) < 4.78 is 2.03. The molecular weight excluding hydrogens is 328 g/mol.